The van der Waals surface area contributed by atoms with Gasteiger partial charge in [0.15, 0.2) is 17.5 Å². The van der Waals surface area contributed by atoms with Crippen LogP contribution < -0.4 is 0 Å². The minimum atomic E-state index is -0.514. The van der Waals surface area contributed by atoms with Crippen molar-refractivity contribution in [3.63, 3.8) is 0 Å². The first-order chi connectivity index (χ1) is 30.6. The molecule has 2 aromatic heterocycles. The molecule has 0 aliphatic carbocycles. The van der Waals surface area contributed by atoms with E-state index in [-0.39, 0.29) is 27.6 Å². The van der Waals surface area contributed by atoms with E-state index in [1.54, 1.807) is 6.07 Å². The van der Waals surface area contributed by atoms with Crippen molar-refractivity contribution in [2.45, 2.75) is 0 Å². The van der Waals surface area contributed by atoms with Crippen LogP contribution in [0, 0.1) is 0 Å². The van der Waals surface area contributed by atoms with E-state index in [1.165, 1.54) is 4.57 Å². The summed E-state index contributed by atoms with van der Waals surface area (Å²) in [6.07, 6.45) is 0. The highest BCUT2D eigenvalue weighted by molar-refractivity contribution is 6.09. The van der Waals surface area contributed by atoms with Gasteiger partial charge in [-0.05, 0) is 75.8 Å². The molecule has 4 heteroatoms. The molecule has 0 fully saturated rings. The molecule has 0 atom stereocenters. The quantitative estimate of drug-likeness (QED) is 0.165. The fraction of sp³-hybridized carbons (Fsp3) is 0. The van der Waals surface area contributed by atoms with Crippen LogP contribution >= 0.6 is 0 Å². The Morgan fingerprint density at radius 3 is 1.22 bits per heavy atom. The fourth-order valence-corrected chi connectivity index (χ4v) is 7.07. The van der Waals surface area contributed by atoms with E-state index < -0.39 is 48.3 Å². The second-order valence-corrected chi connectivity index (χ2v) is 13.1. The first-order valence-electron chi connectivity index (χ1n) is 21.9. The molecule has 2 heterocycles. The highest BCUT2D eigenvalue weighted by Crippen LogP contribution is 2.40. The Labute approximate surface area is 331 Å². The first kappa shape index (κ1) is 24.7. The van der Waals surface area contributed by atoms with Gasteiger partial charge in [-0.2, -0.15) is 0 Å². The van der Waals surface area contributed by atoms with Crippen molar-refractivity contribution >= 4 is 21.8 Å². The maximum Gasteiger partial charge on any atom is 0.166 e. The number of para-hydroxylation sites is 2. The average Bonchev–Trinajstić information content (AvgIpc) is 3.71. The third-order valence-electron chi connectivity index (χ3n) is 9.69. The standard InChI is InChI=1S/C51H34N4/c1-5-17-35(18-6-1)40-31-41(36-19-7-2-8-20-36)33-42(32-40)39-29-30-48(55-46-27-15-13-25-43(46)44-26-14-16-28-47(44)55)45(34-39)51-53-49(37-21-9-3-10-22-37)52-50(54-51)38-23-11-4-12-24-38/h1-34H/i13D,14D,15D,16D,25D,26D,27D,28D. The summed E-state index contributed by atoms with van der Waals surface area (Å²) < 4.78 is 73.0. The lowest BCUT2D eigenvalue weighted by Gasteiger charge is -2.17. The molecule has 4 nitrogen and oxygen atoms in total. The van der Waals surface area contributed by atoms with E-state index in [9.17, 15) is 2.74 Å². The second-order valence-electron chi connectivity index (χ2n) is 13.1. The fourth-order valence-electron chi connectivity index (χ4n) is 7.07. The van der Waals surface area contributed by atoms with Crippen LogP contribution in [0.2, 0.25) is 0 Å². The molecular formula is C51H34N4. The van der Waals surface area contributed by atoms with Gasteiger partial charge in [-0.3, -0.25) is 0 Å². The molecule has 0 unspecified atom stereocenters. The van der Waals surface area contributed by atoms with Gasteiger partial charge in [-0.1, -0.05) is 164 Å². The van der Waals surface area contributed by atoms with E-state index in [4.69, 9.17) is 23.2 Å². The first-order valence-corrected chi connectivity index (χ1v) is 17.9. The van der Waals surface area contributed by atoms with Gasteiger partial charge in [0.25, 0.3) is 0 Å². The van der Waals surface area contributed by atoms with Crippen LogP contribution in [0.4, 0.5) is 0 Å². The minimum Gasteiger partial charge on any atom is -0.309 e. The number of benzene rings is 8. The highest BCUT2D eigenvalue weighted by Gasteiger charge is 2.20. The van der Waals surface area contributed by atoms with Crippen molar-refractivity contribution in [3.05, 3.63) is 206 Å². The van der Waals surface area contributed by atoms with E-state index >= 15 is 0 Å². The normalized spacial score (nSPS) is 13.3. The lowest BCUT2D eigenvalue weighted by molar-refractivity contribution is 1.06. The highest BCUT2D eigenvalue weighted by atomic mass is 15.1. The Hall–Kier alpha value is -7.43. The molecule has 55 heavy (non-hydrogen) atoms. The van der Waals surface area contributed by atoms with Crippen molar-refractivity contribution in [2.24, 2.45) is 0 Å². The number of aromatic nitrogens is 4. The van der Waals surface area contributed by atoms with Crippen LogP contribution in [0.3, 0.4) is 0 Å². The summed E-state index contributed by atoms with van der Waals surface area (Å²) in [7, 11) is 0. The van der Waals surface area contributed by atoms with Gasteiger partial charge < -0.3 is 4.57 Å². The molecule has 258 valence electrons. The number of hydrogen-bond donors (Lipinski definition) is 0. The molecule has 0 spiro atoms. The number of nitrogens with zero attached hydrogens (tertiary/aromatic N) is 4. The van der Waals surface area contributed by atoms with Gasteiger partial charge in [-0.25, -0.2) is 15.0 Å². The van der Waals surface area contributed by atoms with Crippen LogP contribution in [-0.4, -0.2) is 19.5 Å². The Morgan fingerprint density at radius 2 is 0.745 bits per heavy atom. The summed E-state index contributed by atoms with van der Waals surface area (Å²) in [6, 6.07) is 47.6. The Balaban J connectivity index is 1.35. The number of rotatable bonds is 7. The zero-order valence-electron chi connectivity index (χ0n) is 37.3. The predicted molar refractivity (Wildman–Crippen MR) is 227 cm³/mol. The maximum absolute atomic E-state index is 9.28. The van der Waals surface area contributed by atoms with Crippen LogP contribution in [0.5, 0.6) is 0 Å². The lowest BCUT2D eigenvalue weighted by Crippen LogP contribution is -2.04. The van der Waals surface area contributed by atoms with Crippen molar-refractivity contribution in [2.75, 3.05) is 0 Å². The maximum atomic E-state index is 9.28. The van der Waals surface area contributed by atoms with Crippen molar-refractivity contribution in [3.8, 4) is 73.2 Å². The second kappa shape index (κ2) is 13.8. The van der Waals surface area contributed by atoms with Crippen molar-refractivity contribution in [1.29, 1.82) is 0 Å². The molecule has 0 radical (unpaired) electrons. The zero-order chi connectivity index (χ0) is 43.5. The molecule has 0 saturated heterocycles. The van der Waals surface area contributed by atoms with Gasteiger partial charge in [0.2, 0.25) is 0 Å². The Bertz CT molecular complexity index is 3220. The van der Waals surface area contributed by atoms with Crippen molar-refractivity contribution < 1.29 is 11.0 Å². The Kier molecular flexibility index (Phi) is 6.23. The third kappa shape index (κ3) is 6.06. The summed E-state index contributed by atoms with van der Waals surface area (Å²) in [5.74, 6) is 1.01. The summed E-state index contributed by atoms with van der Waals surface area (Å²) >= 11 is 0. The molecule has 0 aliphatic rings. The van der Waals surface area contributed by atoms with Gasteiger partial charge >= 0.3 is 0 Å². The molecule has 8 aromatic carbocycles. The molecule has 10 rings (SSSR count). The van der Waals surface area contributed by atoms with Gasteiger partial charge in [0.05, 0.1) is 27.7 Å². The van der Waals surface area contributed by atoms with Gasteiger partial charge in [-0.15, -0.1) is 0 Å². The van der Waals surface area contributed by atoms with Gasteiger partial charge in [0.1, 0.15) is 0 Å². The third-order valence-corrected chi connectivity index (χ3v) is 9.69. The summed E-state index contributed by atoms with van der Waals surface area (Å²) in [6.45, 7) is 0. The summed E-state index contributed by atoms with van der Waals surface area (Å²) in [5.41, 5.74) is 7.90. The lowest BCUT2D eigenvalue weighted by atomic mass is 9.92. The van der Waals surface area contributed by atoms with Gasteiger partial charge in [0, 0.05) is 27.5 Å². The monoisotopic (exact) mass is 710 g/mol. The smallest absolute Gasteiger partial charge is 0.166 e. The SMILES string of the molecule is [2H]c1c([2H])c([2H])c2c(c1[2H])c1c([2H])c([2H])c([2H])c([2H])c1n2-c1ccc(-c2cc(-c3ccccc3)cc(-c3ccccc3)c2)cc1-c1nc(-c2ccccc2)nc(-c2ccccc2)n1. The van der Waals surface area contributed by atoms with E-state index in [2.05, 4.69) is 42.5 Å². The molecule has 0 N–H and O–H groups in total. The number of fused-ring (bicyclic) bond motifs is 3. The average molecular weight is 711 g/mol. The van der Waals surface area contributed by atoms with Crippen LogP contribution in [0.25, 0.3) is 95.0 Å². The minimum absolute atomic E-state index is 0.00457. The topological polar surface area (TPSA) is 43.6 Å². The van der Waals surface area contributed by atoms with Crippen molar-refractivity contribution in [1.82, 2.24) is 19.5 Å². The molecular weight excluding hydrogens is 669 g/mol. The number of hydrogen-bond acceptors (Lipinski definition) is 3. The van der Waals surface area contributed by atoms with Crippen LogP contribution in [-0.2, 0) is 0 Å². The molecule has 0 amide bonds. The van der Waals surface area contributed by atoms with Crippen LogP contribution in [0.1, 0.15) is 11.0 Å². The molecule has 10 aromatic rings. The predicted octanol–water partition coefficient (Wildman–Crippen LogP) is 13.0. The largest absolute Gasteiger partial charge is 0.309 e. The van der Waals surface area contributed by atoms with E-state index in [1.807, 2.05) is 109 Å². The summed E-state index contributed by atoms with van der Waals surface area (Å²) in [5, 5.41) is -0.0432. The molecule has 0 aliphatic heterocycles. The summed E-state index contributed by atoms with van der Waals surface area (Å²) in [4.78, 5) is 15.1. The zero-order valence-corrected chi connectivity index (χ0v) is 29.3. The van der Waals surface area contributed by atoms with Crippen LogP contribution in [0.15, 0.2) is 206 Å². The molecule has 0 saturated carbocycles. The van der Waals surface area contributed by atoms with E-state index in [0.717, 1.165) is 44.5 Å². The van der Waals surface area contributed by atoms with E-state index in [0.29, 0.717) is 22.9 Å². The molecule has 0 bridgehead atoms. The Morgan fingerprint density at radius 1 is 0.345 bits per heavy atom.